The molecule has 0 saturated heterocycles. The highest BCUT2D eigenvalue weighted by molar-refractivity contribution is 14.0. The number of carbonyl (C=O) groups excluding carboxylic acids is 1. The number of rotatable bonds is 7. The maximum Gasteiger partial charge on any atom is 0.410 e. The standard InChI is InChI=1S/C16H34N4O2.HI/c1-8-17-14(19-12-13(3)4)18-10-11-20(9-2)15(21)22-16(5,6)7;/h13H,8-12H2,1-7H3,(H2,17,18,19);1H. The van der Waals surface area contributed by atoms with E-state index in [1.165, 1.54) is 0 Å². The second-order valence-electron chi connectivity index (χ2n) is 6.60. The number of aliphatic imine (C=N–C) groups is 1. The van der Waals surface area contributed by atoms with Crippen molar-refractivity contribution in [3.8, 4) is 0 Å². The molecule has 0 heterocycles. The second-order valence-corrected chi connectivity index (χ2v) is 6.60. The molecule has 0 aromatic heterocycles. The summed E-state index contributed by atoms with van der Waals surface area (Å²) in [5.41, 5.74) is -0.467. The van der Waals surface area contributed by atoms with Crippen LogP contribution in [0.5, 0.6) is 0 Å². The molecule has 0 aromatic carbocycles. The van der Waals surface area contributed by atoms with Crippen LogP contribution < -0.4 is 10.6 Å². The first kappa shape index (κ1) is 24.5. The zero-order valence-corrected chi connectivity index (χ0v) is 18.1. The molecule has 2 N–H and O–H groups in total. The number of nitrogens with zero attached hydrogens (tertiary/aromatic N) is 2. The molecule has 0 fully saturated rings. The lowest BCUT2D eigenvalue weighted by atomic mass is 10.2. The van der Waals surface area contributed by atoms with Crippen LogP contribution in [0.2, 0.25) is 0 Å². The Morgan fingerprint density at radius 1 is 1.22 bits per heavy atom. The van der Waals surface area contributed by atoms with Crippen LogP contribution >= 0.6 is 24.0 Å². The van der Waals surface area contributed by atoms with E-state index in [1.807, 2.05) is 34.6 Å². The maximum atomic E-state index is 12.0. The molecule has 0 aliphatic heterocycles. The number of nitrogens with one attached hydrogen (secondary N) is 2. The summed E-state index contributed by atoms with van der Waals surface area (Å²) in [7, 11) is 0. The topological polar surface area (TPSA) is 66.0 Å². The Morgan fingerprint density at radius 2 is 1.83 bits per heavy atom. The lowest BCUT2D eigenvalue weighted by Gasteiger charge is -2.26. The Morgan fingerprint density at radius 3 is 2.26 bits per heavy atom. The van der Waals surface area contributed by atoms with Gasteiger partial charge in [-0.3, -0.25) is 4.99 Å². The molecular weight excluding hydrogens is 407 g/mol. The fourth-order valence-corrected chi connectivity index (χ4v) is 1.63. The lowest BCUT2D eigenvalue weighted by molar-refractivity contribution is 0.0264. The summed E-state index contributed by atoms with van der Waals surface area (Å²) < 4.78 is 5.39. The Bertz CT molecular complexity index is 354. The van der Waals surface area contributed by atoms with Crippen molar-refractivity contribution in [3.05, 3.63) is 0 Å². The Kier molecular flexibility index (Phi) is 13.5. The quantitative estimate of drug-likeness (QED) is 0.361. The monoisotopic (exact) mass is 442 g/mol. The molecule has 1 amide bonds. The number of hydrogen-bond acceptors (Lipinski definition) is 3. The highest BCUT2D eigenvalue weighted by atomic mass is 127. The largest absolute Gasteiger partial charge is 0.444 e. The SMILES string of the molecule is CCNC(=NCC(C)C)NCCN(CC)C(=O)OC(C)(C)C.I. The predicted octanol–water partition coefficient (Wildman–Crippen LogP) is 3.07. The molecule has 0 radical (unpaired) electrons. The van der Waals surface area contributed by atoms with Gasteiger partial charge in [0.15, 0.2) is 5.96 Å². The van der Waals surface area contributed by atoms with Crippen LogP contribution in [-0.4, -0.2) is 55.3 Å². The van der Waals surface area contributed by atoms with Gasteiger partial charge in [-0.05, 0) is 40.5 Å². The van der Waals surface area contributed by atoms with Crippen LogP contribution in [0.3, 0.4) is 0 Å². The van der Waals surface area contributed by atoms with Gasteiger partial charge in [0.1, 0.15) is 5.60 Å². The number of likely N-dealkylation sites (N-methyl/N-ethyl adjacent to an activating group) is 1. The third kappa shape index (κ3) is 13.4. The van der Waals surface area contributed by atoms with E-state index in [-0.39, 0.29) is 30.1 Å². The number of hydrogen-bond donors (Lipinski definition) is 2. The second kappa shape index (κ2) is 12.7. The van der Waals surface area contributed by atoms with Gasteiger partial charge < -0.3 is 20.3 Å². The first-order valence-corrected chi connectivity index (χ1v) is 8.19. The molecular formula is C16H35IN4O2. The molecule has 0 saturated carbocycles. The highest BCUT2D eigenvalue weighted by Crippen LogP contribution is 2.09. The van der Waals surface area contributed by atoms with Crippen molar-refractivity contribution in [3.63, 3.8) is 0 Å². The van der Waals surface area contributed by atoms with Gasteiger partial charge in [0.25, 0.3) is 0 Å². The van der Waals surface area contributed by atoms with Crippen molar-refractivity contribution in [2.75, 3.05) is 32.7 Å². The van der Waals surface area contributed by atoms with Gasteiger partial charge in [0, 0.05) is 32.7 Å². The van der Waals surface area contributed by atoms with Crippen LogP contribution in [0.1, 0.15) is 48.5 Å². The van der Waals surface area contributed by atoms with Crippen LogP contribution in [0, 0.1) is 5.92 Å². The number of amides is 1. The molecule has 0 unspecified atom stereocenters. The van der Waals surface area contributed by atoms with Gasteiger partial charge in [-0.1, -0.05) is 13.8 Å². The van der Waals surface area contributed by atoms with E-state index < -0.39 is 5.60 Å². The van der Waals surface area contributed by atoms with Crippen molar-refractivity contribution >= 4 is 36.0 Å². The number of halogens is 1. The van der Waals surface area contributed by atoms with Crippen molar-refractivity contribution in [2.24, 2.45) is 10.9 Å². The van der Waals surface area contributed by atoms with Crippen LogP contribution in [0.25, 0.3) is 0 Å². The van der Waals surface area contributed by atoms with Crippen LogP contribution in [0.4, 0.5) is 4.79 Å². The minimum Gasteiger partial charge on any atom is -0.444 e. The molecule has 6 nitrogen and oxygen atoms in total. The fourth-order valence-electron chi connectivity index (χ4n) is 1.63. The van der Waals surface area contributed by atoms with Gasteiger partial charge in [-0.15, -0.1) is 24.0 Å². The number of carbonyl (C=O) groups is 1. The zero-order valence-electron chi connectivity index (χ0n) is 15.7. The van der Waals surface area contributed by atoms with Gasteiger partial charge in [-0.2, -0.15) is 0 Å². The van der Waals surface area contributed by atoms with Gasteiger partial charge in [0.2, 0.25) is 0 Å². The molecule has 138 valence electrons. The summed E-state index contributed by atoms with van der Waals surface area (Å²) in [5.74, 6) is 1.31. The van der Waals surface area contributed by atoms with Crippen molar-refractivity contribution in [2.45, 2.75) is 54.1 Å². The average molecular weight is 442 g/mol. The Labute approximate surface area is 158 Å². The molecule has 0 aliphatic carbocycles. The normalized spacial score (nSPS) is 11.7. The molecule has 23 heavy (non-hydrogen) atoms. The first-order valence-electron chi connectivity index (χ1n) is 8.19. The smallest absolute Gasteiger partial charge is 0.410 e. The van der Waals surface area contributed by atoms with E-state index in [0.717, 1.165) is 19.0 Å². The molecule has 0 bridgehead atoms. The summed E-state index contributed by atoms with van der Waals surface area (Å²) in [6.07, 6.45) is -0.277. The van der Waals surface area contributed by atoms with Crippen LogP contribution in [0.15, 0.2) is 4.99 Å². The average Bonchev–Trinajstić information content (AvgIpc) is 2.38. The van der Waals surface area contributed by atoms with Crippen molar-refractivity contribution in [1.82, 2.24) is 15.5 Å². The summed E-state index contributed by atoms with van der Waals surface area (Å²) in [4.78, 5) is 18.2. The summed E-state index contributed by atoms with van der Waals surface area (Å²) in [5, 5.41) is 6.45. The Hall–Kier alpha value is -0.730. The summed E-state index contributed by atoms with van der Waals surface area (Å²) in [6.45, 7) is 17.3. The van der Waals surface area contributed by atoms with E-state index in [2.05, 4.69) is 29.5 Å². The van der Waals surface area contributed by atoms with E-state index in [1.54, 1.807) is 4.90 Å². The molecule has 7 heteroatoms. The third-order valence-electron chi connectivity index (χ3n) is 2.67. The minimum absolute atomic E-state index is 0. The Balaban J connectivity index is 0. The first-order chi connectivity index (χ1) is 10.2. The zero-order chi connectivity index (χ0) is 17.2. The van der Waals surface area contributed by atoms with E-state index >= 15 is 0 Å². The van der Waals surface area contributed by atoms with Crippen molar-refractivity contribution < 1.29 is 9.53 Å². The lowest BCUT2D eigenvalue weighted by Crippen LogP contribution is -2.44. The number of ether oxygens (including phenoxy) is 1. The molecule has 0 aromatic rings. The number of guanidine groups is 1. The van der Waals surface area contributed by atoms with Gasteiger partial charge in [0.05, 0.1) is 0 Å². The maximum absolute atomic E-state index is 12.0. The predicted molar refractivity (Wildman–Crippen MR) is 108 cm³/mol. The van der Waals surface area contributed by atoms with E-state index in [0.29, 0.717) is 25.6 Å². The highest BCUT2D eigenvalue weighted by Gasteiger charge is 2.20. The summed E-state index contributed by atoms with van der Waals surface area (Å²) in [6, 6.07) is 0. The van der Waals surface area contributed by atoms with Gasteiger partial charge in [-0.25, -0.2) is 4.79 Å². The molecule has 0 rings (SSSR count). The van der Waals surface area contributed by atoms with E-state index in [4.69, 9.17) is 4.74 Å². The van der Waals surface area contributed by atoms with Crippen LogP contribution in [-0.2, 0) is 4.74 Å². The van der Waals surface area contributed by atoms with E-state index in [9.17, 15) is 4.79 Å². The third-order valence-corrected chi connectivity index (χ3v) is 2.67. The minimum atomic E-state index is -0.467. The molecule has 0 spiro atoms. The van der Waals surface area contributed by atoms with Crippen molar-refractivity contribution in [1.29, 1.82) is 0 Å². The molecule has 0 atom stereocenters. The molecule has 0 aliphatic rings. The fraction of sp³-hybridized carbons (Fsp3) is 0.875. The summed E-state index contributed by atoms with van der Waals surface area (Å²) >= 11 is 0. The van der Waals surface area contributed by atoms with Gasteiger partial charge >= 0.3 is 6.09 Å².